The van der Waals surface area contributed by atoms with Crippen LogP contribution in [0.2, 0.25) is 0 Å². The van der Waals surface area contributed by atoms with E-state index in [0.717, 1.165) is 5.56 Å². The lowest BCUT2D eigenvalue weighted by Crippen LogP contribution is -1.94. The zero-order chi connectivity index (χ0) is 12.1. The molecular weight excluding hydrogens is 216 g/mol. The van der Waals surface area contributed by atoms with Crippen molar-refractivity contribution in [3.8, 4) is 0 Å². The number of pyridine rings is 1. The van der Waals surface area contributed by atoms with Gasteiger partial charge in [0.2, 0.25) is 0 Å². The highest BCUT2D eigenvalue weighted by atomic mass is 16.4. The van der Waals surface area contributed by atoms with Crippen molar-refractivity contribution in [3.63, 3.8) is 0 Å². The number of aromatic carboxylic acids is 1. The van der Waals surface area contributed by atoms with Crippen LogP contribution in [0.15, 0.2) is 53.8 Å². The zero-order valence-corrected chi connectivity index (χ0v) is 8.95. The van der Waals surface area contributed by atoms with E-state index in [1.165, 1.54) is 12.1 Å². The largest absolute Gasteiger partial charge is 0.478 e. The molecule has 0 bridgehead atoms. The predicted octanol–water partition coefficient (Wildman–Crippen LogP) is 2.53. The van der Waals surface area contributed by atoms with E-state index >= 15 is 0 Å². The van der Waals surface area contributed by atoms with Crippen molar-refractivity contribution >= 4 is 17.9 Å². The minimum Gasteiger partial charge on any atom is -0.478 e. The lowest BCUT2D eigenvalue weighted by molar-refractivity contribution is 0.0697. The quantitative estimate of drug-likeness (QED) is 0.818. The number of carboxylic acids is 1. The third kappa shape index (κ3) is 2.98. The molecule has 0 fully saturated rings. The molecule has 4 nitrogen and oxygen atoms in total. The first-order valence-corrected chi connectivity index (χ1v) is 5.03. The van der Waals surface area contributed by atoms with Crippen molar-refractivity contribution in [3.05, 3.63) is 59.9 Å². The number of nitrogens with zero attached hydrogens (tertiary/aromatic N) is 2. The Morgan fingerprint density at radius 2 is 2.00 bits per heavy atom. The maximum atomic E-state index is 10.8. The first-order chi connectivity index (χ1) is 8.25. The van der Waals surface area contributed by atoms with Crippen LogP contribution < -0.4 is 0 Å². The average molecular weight is 226 g/mol. The number of hydrogen-bond acceptors (Lipinski definition) is 3. The first-order valence-electron chi connectivity index (χ1n) is 5.03. The molecule has 0 spiro atoms. The van der Waals surface area contributed by atoms with Crippen LogP contribution in [0.3, 0.4) is 0 Å². The van der Waals surface area contributed by atoms with E-state index in [9.17, 15) is 4.79 Å². The molecule has 4 heteroatoms. The van der Waals surface area contributed by atoms with Gasteiger partial charge in [-0.1, -0.05) is 6.07 Å². The summed E-state index contributed by atoms with van der Waals surface area (Å²) >= 11 is 0. The van der Waals surface area contributed by atoms with Gasteiger partial charge in [0.25, 0.3) is 0 Å². The summed E-state index contributed by atoms with van der Waals surface area (Å²) in [4.78, 5) is 18.9. The topological polar surface area (TPSA) is 62.5 Å². The highest BCUT2D eigenvalue weighted by Gasteiger charge is 2.01. The van der Waals surface area contributed by atoms with E-state index in [1.807, 2.05) is 12.1 Å². The molecular formula is C13H10N2O2. The SMILES string of the molecule is O=C(O)c1cccc(/N=C/c2ccncc2)c1. The molecule has 0 unspecified atom stereocenters. The summed E-state index contributed by atoms with van der Waals surface area (Å²) < 4.78 is 0. The predicted molar refractivity (Wildman–Crippen MR) is 64.9 cm³/mol. The van der Waals surface area contributed by atoms with Crippen molar-refractivity contribution in [2.24, 2.45) is 4.99 Å². The van der Waals surface area contributed by atoms with Gasteiger partial charge in [0.05, 0.1) is 11.3 Å². The second kappa shape index (κ2) is 5.03. The van der Waals surface area contributed by atoms with Gasteiger partial charge in [-0.3, -0.25) is 9.98 Å². The van der Waals surface area contributed by atoms with E-state index in [-0.39, 0.29) is 5.56 Å². The number of carboxylic acid groups (broad SMARTS) is 1. The summed E-state index contributed by atoms with van der Waals surface area (Å²) in [7, 11) is 0. The van der Waals surface area contributed by atoms with Crippen LogP contribution in [0.1, 0.15) is 15.9 Å². The van der Waals surface area contributed by atoms with Crippen molar-refractivity contribution in [1.82, 2.24) is 4.98 Å². The molecule has 0 aliphatic heterocycles. The molecule has 1 heterocycles. The standard InChI is InChI=1S/C13H10N2O2/c16-13(17)11-2-1-3-12(8-11)15-9-10-4-6-14-7-5-10/h1-9H,(H,16,17)/b15-9+. The summed E-state index contributed by atoms with van der Waals surface area (Å²) in [6.07, 6.45) is 5.02. The van der Waals surface area contributed by atoms with E-state index in [0.29, 0.717) is 5.69 Å². The molecule has 2 rings (SSSR count). The molecule has 84 valence electrons. The van der Waals surface area contributed by atoms with Crippen LogP contribution in [0.25, 0.3) is 0 Å². The monoisotopic (exact) mass is 226 g/mol. The maximum Gasteiger partial charge on any atom is 0.335 e. The third-order valence-corrected chi connectivity index (χ3v) is 2.16. The van der Waals surface area contributed by atoms with Crippen LogP contribution in [-0.2, 0) is 0 Å². The molecule has 0 aliphatic rings. The minimum absolute atomic E-state index is 0.231. The molecule has 0 amide bonds. The maximum absolute atomic E-state index is 10.8. The molecule has 1 N–H and O–H groups in total. The summed E-state index contributed by atoms with van der Waals surface area (Å²) in [6.45, 7) is 0. The Balaban J connectivity index is 2.22. The second-order valence-corrected chi connectivity index (χ2v) is 3.39. The fourth-order valence-electron chi connectivity index (χ4n) is 1.32. The van der Waals surface area contributed by atoms with Gasteiger partial charge in [-0.15, -0.1) is 0 Å². The lowest BCUT2D eigenvalue weighted by Gasteiger charge is -1.96. The normalized spacial score (nSPS) is 10.6. The Hall–Kier alpha value is -2.49. The van der Waals surface area contributed by atoms with Gasteiger partial charge >= 0.3 is 5.97 Å². The number of rotatable bonds is 3. The smallest absolute Gasteiger partial charge is 0.335 e. The molecule has 0 atom stereocenters. The molecule has 0 radical (unpaired) electrons. The second-order valence-electron chi connectivity index (χ2n) is 3.39. The number of aliphatic imine (C=N–C) groups is 1. The van der Waals surface area contributed by atoms with Crippen molar-refractivity contribution in [2.45, 2.75) is 0 Å². The van der Waals surface area contributed by atoms with Gasteiger partial charge in [-0.05, 0) is 35.9 Å². The zero-order valence-electron chi connectivity index (χ0n) is 8.95. The number of hydrogen-bond donors (Lipinski definition) is 1. The molecule has 2 aromatic rings. The van der Waals surface area contributed by atoms with Gasteiger partial charge in [0.15, 0.2) is 0 Å². The van der Waals surface area contributed by atoms with E-state index in [4.69, 9.17) is 5.11 Å². The molecule has 1 aromatic heterocycles. The summed E-state index contributed by atoms with van der Waals surface area (Å²) in [6, 6.07) is 10.1. The van der Waals surface area contributed by atoms with Gasteiger partial charge in [0, 0.05) is 18.6 Å². The van der Waals surface area contributed by atoms with E-state index in [1.54, 1.807) is 30.7 Å². The fourth-order valence-corrected chi connectivity index (χ4v) is 1.32. The van der Waals surface area contributed by atoms with Gasteiger partial charge in [-0.25, -0.2) is 4.79 Å². The van der Waals surface area contributed by atoms with Crippen LogP contribution >= 0.6 is 0 Å². The first kappa shape index (κ1) is 11.0. The molecule has 1 aromatic carbocycles. The van der Waals surface area contributed by atoms with Crippen LogP contribution in [0.4, 0.5) is 5.69 Å². The molecule has 0 saturated carbocycles. The lowest BCUT2D eigenvalue weighted by atomic mass is 10.2. The van der Waals surface area contributed by atoms with Crippen molar-refractivity contribution in [1.29, 1.82) is 0 Å². The molecule has 0 aliphatic carbocycles. The summed E-state index contributed by atoms with van der Waals surface area (Å²) in [5.41, 5.74) is 1.76. The van der Waals surface area contributed by atoms with Crippen molar-refractivity contribution in [2.75, 3.05) is 0 Å². The fraction of sp³-hybridized carbons (Fsp3) is 0. The number of carbonyl (C=O) groups is 1. The van der Waals surface area contributed by atoms with Crippen molar-refractivity contribution < 1.29 is 9.90 Å². The van der Waals surface area contributed by atoms with Gasteiger partial charge in [-0.2, -0.15) is 0 Å². The highest BCUT2D eigenvalue weighted by Crippen LogP contribution is 2.14. The Bertz CT molecular complexity index is 550. The minimum atomic E-state index is -0.953. The van der Waals surface area contributed by atoms with E-state index in [2.05, 4.69) is 9.98 Å². The Morgan fingerprint density at radius 3 is 2.71 bits per heavy atom. The average Bonchev–Trinajstić information content (AvgIpc) is 2.38. The Morgan fingerprint density at radius 1 is 1.24 bits per heavy atom. The summed E-state index contributed by atoms with van der Waals surface area (Å²) in [5.74, 6) is -0.953. The van der Waals surface area contributed by atoms with Crippen LogP contribution in [0, 0.1) is 0 Å². The highest BCUT2D eigenvalue weighted by molar-refractivity contribution is 5.89. The van der Waals surface area contributed by atoms with Gasteiger partial charge < -0.3 is 5.11 Å². The van der Waals surface area contributed by atoms with E-state index < -0.39 is 5.97 Å². The third-order valence-electron chi connectivity index (χ3n) is 2.16. The number of aromatic nitrogens is 1. The van der Waals surface area contributed by atoms with Gasteiger partial charge in [0.1, 0.15) is 0 Å². The summed E-state index contributed by atoms with van der Waals surface area (Å²) in [5, 5.41) is 8.83. The van der Waals surface area contributed by atoms with Crippen LogP contribution in [0.5, 0.6) is 0 Å². The molecule has 17 heavy (non-hydrogen) atoms. The molecule has 0 saturated heterocycles. The Labute approximate surface area is 98.3 Å². The van der Waals surface area contributed by atoms with Crippen LogP contribution in [-0.4, -0.2) is 22.3 Å². The number of benzene rings is 1. The Kier molecular flexibility index (Phi) is 3.25.